The first-order valence-corrected chi connectivity index (χ1v) is 7.26. The standard InChI is InChI=1S/C17H20N4.2ClH/c1-20(2)11-6-12-21-16-9-10-18-13-15(16)17(19-21)14-7-4-3-5-8-14;;/h3-5,7-10,13H,6,11-12H2,1-2H3;2*1H. The van der Waals surface area contributed by atoms with Crippen LogP contribution < -0.4 is 0 Å². The summed E-state index contributed by atoms with van der Waals surface area (Å²) in [6.45, 7) is 1.98. The summed E-state index contributed by atoms with van der Waals surface area (Å²) in [5.41, 5.74) is 3.31. The summed E-state index contributed by atoms with van der Waals surface area (Å²) >= 11 is 0. The number of pyridine rings is 1. The van der Waals surface area contributed by atoms with Crippen LogP contribution in [-0.4, -0.2) is 40.3 Å². The number of fused-ring (bicyclic) bond motifs is 1. The maximum Gasteiger partial charge on any atom is 0.102 e. The first-order chi connectivity index (χ1) is 10.3. The molecule has 0 unspecified atom stereocenters. The number of aromatic nitrogens is 3. The van der Waals surface area contributed by atoms with Crippen LogP contribution in [0.2, 0.25) is 0 Å². The Kier molecular flexibility index (Phi) is 7.49. The average Bonchev–Trinajstić information content (AvgIpc) is 2.87. The molecule has 0 aliphatic heterocycles. The second-order valence-electron chi connectivity index (χ2n) is 5.49. The van der Waals surface area contributed by atoms with E-state index in [0.29, 0.717) is 0 Å². The first kappa shape index (κ1) is 19.4. The van der Waals surface area contributed by atoms with Crippen molar-refractivity contribution in [2.24, 2.45) is 0 Å². The quantitative estimate of drug-likeness (QED) is 0.698. The van der Waals surface area contributed by atoms with Crippen LogP contribution >= 0.6 is 24.8 Å². The summed E-state index contributed by atoms with van der Waals surface area (Å²) in [4.78, 5) is 6.46. The van der Waals surface area contributed by atoms with Gasteiger partial charge in [-0.15, -0.1) is 24.8 Å². The molecule has 2 aromatic heterocycles. The maximum absolute atomic E-state index is 4.81. The van der Waals surface area contributed by atoms with Crippen molar-refractivity contribution in [2.75, 3.05) is 20.6 Å². The van der Waals surface area contributed by atoms with Crippen LogP contribution in [0.25, 0.3) is 22.2 Å². The third-order valence-corrected chi connectivity index (χ3v) is 3.57. The maximum atomic E-state index is 4.81. The Balaban J connectivity index is 0.00000132. The molecule has 0 aliphatic carbocycles. The summed E-state index contributed by atoms with van der Waals surface area (Å²) < 4.78 is 2.10. The van der Waals surface area contributed by atoms with Gasteiger partial charge in [-0.05, 0) is 33.1 Å². The summed E-state index contributed by atoms with van der Waals surface area (Å²) in [5, 5.41) is 5.93. The summed E-state index contributed by atoms with van der Waals surface area (Å²) in [7, 11) is 4.20. The van der Waals surface area contributed by atoms with Gasteiger partial charge >= 0.3 is 0 Å². The number of rotatable bonds is 5. The second-order valence-corrected chi connectivity index (χ2v) is 5.49. The van der Waals surface area contributed by atoms with E-state index in [1.807, 2.05) is 36.7 Å². The Morgan fingerprint density at radius 1 is 1.04 bits per heavy atom. The highest BCUT2D eigenvalue weighted by Crippen LogP contribution is 2.27. The minimum absolute atomic E-state index is 0. The SMILES string of the molecule is CN(C)CCCn1nc(-c2ccccc2)c2cnccc21.Cl.Cl. The third kappa shape index (κ3) is 4.44. The van der Waals surface area contributed by atoms with Gasteiger partial charge < -0.3 is 4.90 Å². The van der Waals surface area contributed by atoms with Gasteiger partial charge in [-0.25, -0.2) is 0 Å². The molecule has 0 fully saturated rings. The molecule has 3 aromatic rings. The van der Waals surface area contributed by atoms with E-state index in [1.54, 1.807) is 0 Å². The van der Waals surface area contributed by atoms with Gasteiger partial charge in [0.2, 0.25) is 0 Å². The van der Waals surface area contributed by atoms with E-state index in [2.05, 4.69) is 40.8 Å². The lowest BCUT2D eigenvalue weighted by molar-refractivity contribution is 0.383. The Bertz CT molecular complexity index is 726. The van der Waals surface area contributed by atoms with Gasteiger partial charge in [-0.2, -0.15) is 5.10 Å². The Morgan fingerprint density at radius 3 is 2.48 bits per heavy atom. The van der Waals surface area contributed by atoms with E-state index >= 15 is 0 Å². The average molecular weight is 353 g/mol. The Labute approximate surface area is 149 Å². The van der Waals surface area contributed by atoms with Crippen LogP contribution in [0, 0.1) is 0 Å². The van der Waals surface area contributed by atoms with Gasteiger partial charge in [0.05, 0.1) is 5.52 Å². The van der Waals surface area contributed by atoms with E-state index in [1.165, 1.54) is 0 Å². The Hall–Kier alpha value is -1.62. The monoisotopic (exact) mass is 352 g/mol. The second kappa shape index (κ2) is 8.87. The molecular weight excluding hydrogens is 331 g/mol. The lowest BCUT2D eigenvalue weighted by atomic mass is 10.1. The van der Waals surface area contributed by atoms with Crippen LogP contribution in [0.15, 0.2) is 48.8 Å². The summed E-state index contributed by atoms with van der Waals surface area (Å²) in [6, 6.07) is 12.4. The first-order valence-electron chi connectivity index (χ1n) is 7.26. The zero-order chi connectivity index (χ0) is 14.7. The van der Waals surface area contributed by atoms with Gasteiger partial charge in [0.1, 0.15) is 5.69 Å². The Morgan fingerprint density at radius 2 is 1.78 bits per heavy atom. The van der Waals surface area contributed by atoms with E-state index in [9.17, 15) is 0 Å². The molecule has 0 aliphatic rings. The molecule has 4 nitrogen and oxygen atoms in total. The van der Waals surface area contributed by atoms with Gasteiger partial charge in [0, 0.05) is 29.9 Å². The van der Waals surface area contributed by atoms with Gasteiger partial charge in [-0.3, -0.25) is 9.67 Å². The molecule has 1 aromatic carbocycles. The highest BCUT2D eigenvalue weighted by molar-refractivity contribution is 5.92. The van der Waals surface area contributed by atoms with E-state index < -0.39 is 0 Å². The molecule has 0 saturated heterocycles. The van der Waals surface area contributed by atoms with E-state index in [0.717, 1.165) is 41.7 Å². The largest absolute Gasteiger partial charge is 0.309 e. The van der Waals surface area contributed by atoms with Gasteiger partial charge in [0.15, 0.2) is 0 Å². The normalized spacial score (nSPS) is 10.4. The molecule has 3 rings (SSSR count). The van der Waals surface area contributed by atoms with Crippen molar-refractivity contribution < 1.29 is 0 Å². The highest BCUT2D eigenvalue weighted by atomic mass is 35.5. The van der Waals surface area contributed by atoms with Crippen LogP contribution in [0.4, 0.5) is 0 Å². The van der Waals surface area contributed by atoms with E-state index in [4.69, 9.17) is 5.10 Å². The van der Waals surface area contributed by atoms with Crippen LogP contribution in [0.5, 0.6) is 0 Å². The number of hydrogen-bond acceptors (Lipinski definition) is 3. The fraction of sp³-hybridized carbons (Fsp3) is 0.294. The summed E-state index contributed by atoms with van der Waals surface area (Å²) in [6.07, 6.45) is 4.83. The van der Waals surface area contributed by atoms with Crippen molar-refractivity contribution in [3.8, 4) is 11.3 Å². The van der Waals surface area contributed by atoms with Crippen LogP contribution in [0.3, 0.4) is 0 Å². The molecule has 2 heterocycles. The third-order valence-electron chi connectivity index (χ3n) is 3.57. The molecule has 0 amide bonds. The zero-order valence-corrected chi connectivity index (χ0v) is 15.0. The van der Waals surface area contributed by atoms with Crippen molar-refractivity contribution in [3.63, 3.8) is 0 Å². The predicted octanol–water partition coefficient (Wildman–Crippen LogP) is 3.89. The topological polar surface area (TPSA) is 34.0 Å². The van der Waals surface area contributed by atoms with Crippen LogP contribution in [-0.2, 0) is 6.54 Å². The number of benzene rings is 1. The highest BCUT2D eigenvalue weighted by Gasteiger charge is 2.11. The number of hydrogen-bond donors (Lipinski definition) is 0. The fourth-order valence-corrected chi connectivity index (χ4v) is 2.54. The molecule has 124 valence electrons. The molecule has 6 heteroatoms. The van der Waals surface area contributed by atoms with Gasteiger partial charge in [-0.1, -0.05) is 30.3 Å². The van der Waals surface area contributed by atoms with Crippen molar-refractivity contribution in [1.82, 2.24) is 19.7 Å². The molecule has 0 bridgehead atoms. The predicted molar refractivity (Wildman–Crippen MR) is 101 cm³/mol. The van der Waals surface area contributed by atoms with E-state index in [-0.39, 0.29) is 24.8 Å². The minimum Gasteiger partial charge on any atom is -0.309 e. The fourth-order valence-electron chi connectivity index (χ4n) is 2.54. The molecular formula is C17H22Cl2N4. The lowest BCUT2D eigenvalue weighted by Crippen LogP contribution is -2.15. The minimum atomic E-state index is 0. The molecule has 23 heavy (non-hydrogen) atoms. The van der Waals surface area contributed by atoms with Crippen molar-refractivity contribution in [2.45, 2.75) is 13.0 Å². The zero-order valence-electron chi connectivity index (χ0n) is 13.3. The number of aryl methyl sites for hydroxylation is 1. The molecule has 0 radical (unpaired) electrons. The molecule has 0 saturated carbocycles. The summed E-state index contributed by atoms with van der Waals surface area (Å²) in [5.74, 6) is 0. The van der Waals surface area contributed by atoms with Crippen molar-refractivity contribution >= 4 is 35.7 Å². The van der Waals surface area contributed by atoms with Crippen molar-refractivity contribution in [1.29, 1.82) is 0 Å². The number of nitrogens with zero attached hydrogens (tertiary/aromatic N) is 4. The molecule has 0 spiro atoms. The van der Waals surface area contributed by atoms with Crippen molar-refractivity contribution in [3.05, 3.63) is 48.8 Å². The number of halogens is 2. The molecule has 0 N–H and O–H groups in total. The van der Waals surface area contributed by atoms with Crippen LogP contribution in [0.1, 0.15) is 6.42 Å². The lowest BCUT2D eigenvalue weighted by Gasteiger charge is -2.09. The van der Waals surface area contributed by atoms with Gasteiger partial charge in [0.25, 0.3) is 0 Å². The molecule has 0 atom stereocenters. The smallest absolute Gasteiger partial charge is 0.102 e.